The molecule has 0 unspecified atom stereocenters. The van der Waals surface area contributed by atoms with Crippen LogP contribution in [0.3, 0.4) is 0 Å². The minimum Gasteiger partial charge on any atom is -0.494 e. The molecule has 0 heterocycles. The van der Waals surface area contributed by atoms with Crippen molar-refractivity contribution in [2.75, 3.05) is 6.61 Å². The van der Waals surface area contributed by atoms with Gasteiger partial charge in [0.2, 0.25) is 0 Å². The molecule has 1 aromatic rings. The van der Waals surface area contributed by atoms with Crippen molar-refractivity contribution in [1.29, 1.82) is 0 Å². The van der Waals surface area contributed by atoms with E-state index in [-0.39, 0.29) is 10.8 Å². The Morgan fingerprint density at radius 3 is 2.05 bits per heavy atom. The fraction of sp³-hybridized carbons (Fsp3) is 0.647. The molecule has 0 radical (unpaired) electrons. The molecule has 0 spiro atoms. The summed E-state index contributed by atoms with van der Waals surface area (Å²) in [5, 5.41) is 19.4. The van der Waals surface area contributed by atoms with Gasteiger partial charge in [0, 0.05) is 5.46 Å². The number of fused-ring (bicyclic) bond motifs is 1. The van der Waals surface area contributed by atoms with Crippen molar-refractivity contribution in [1.82, 2.24) is 0 Å². The third kappa shape index (κ3) is 3.11. The molecule has 2 N–H and O–H groups in total. The second-order valence-corrected chi connectivity index (χ2v) is 7.43. The molecule has 116 valence electrons. The smallest absolute Gasteiger partial charge is 0.492 e. The molecular formula is C17H27BO3. The molecule has 0 aromatic heterocycles. The van der Waals surface area contributed by atoms with Crippen LogP contribution in [0.2, 0.25) is 0 Å². The Bertz CT molecular complexity index is 521. The molecule has 1 aliphatic carbocycles. The van der Waals surface area contributed by atoms with Crippen molar-refractivity contribution in [3.8, 4) is 5.75 Å². The fourth-order valence-electron chi connectivity index (χ4n) is 3.15. The Balaban J connectivity index is 2.60. The van der Waals surface area contributed by atoms with Crippen LogP contribution in [-0.4, -0.2) is 23.8 Å². The van der Waals surface area contributed by atoms with E-state index in [1.165, 1.54) is 11.1 Å². The van der Waals surface area contributed by atoms with Crippen molar-refractivity contribution >= 4 is 12.6 Å². The predicted molar refractivity (Wildman–Crippen MR) is 87.3 cm³/mol. The lowest BCUT2D eigenvalue weighted by atomic mass is 9.61. The van der Waals surface area contributed by atoms with Gasteiger partial charge in [0.15, 0.2) is 0 Å². The maximum atomic E-state index is 9.68. The molecule has 1 aliphatic rings. The van der Waals surface area contributed by atoms with Crippen LogP contribution in [0.4, 0.5) is 0 Å². The lowest BCUT2D eigenvalue weighted by Gasteiger charge is -2.42. The maximum absolute atomic E-state index is 9.68. The van der Waals surface area contributed by atoms with Crippen molar-refractivity contribution in [2.24, 2.45) is 0 Å². The summed E-state index contributed by atoms with van der Waals surface area (Å²) in [6, 6.07) is 3.96. The molecule has 3 nitrogen and oxygen atoms in total. The Hall–Kier alpha value is -0.995. The summed E-state index contributed by atoms with van der Waals surface area (Å²) in [7, 11) is -1.50. The van der Waals surface area contributed by atoms with E-state index in [1.54, 1.807) is 0 Å². The van der Waals surface area contributed by atoms with E-state index in [9.17, 15) is 10.0 Å². The highest BCUT2D eigenvalue weighted by atomic mass is 16.5. The summed E-state index contributed by atoms with van der Waals surface area (Å²) < 4.78 is 5.76. The highest BCUT2D eigenvalue weighted by Gasteiger charge is 2.38. The average Bonchev–Trinajstić information content (AvgIpc) is 2.41. The quantitative estimate of drug-likeness (QED) is 0.838. The zero-order chi connectivity index (χ0) is 15.8. The monoisotopic (exact) mass is 290 g/mol. The normalized spacial score (nSPS) is 19.0. The fourth-order valence-corrected chi connectivity index (χ4v) is 3.15. The van der Waals surface area contributed by atoms with Crippen LogP contribution in [0, 0.1) is 0 Å². The van der Waals surface area contributed by atoms with Crippen LogP contribution in [0.1, 0.15) is 65.0 Å². The zero-order valence-electron chi connectivity index (χ0n) is 13.9. The summed E-state index contributed by atoms with van der Waals surface area (Å²) in [5.41, 5.74) is 3.11. The summed E-state index contributed by atoms with van der Waals surface area (Å²) in [4.78, 5) is 0. The number of hydrogen-bond acceptors (Lipinski definition) is 3. The minimum atomic E-state index is -1.50. The van der Waals surface area contributed by atoms with Gasteiger partial charge in [-0.3, -0.25) is 0 Å². The number of hydrogen-bond donors (Lipinski definition) is 2. The first-order valence-corrected chi connectivity index (χ1v) is 7.87. The van der Waals surface area contributed by atoms with Crippen LogP contribution >= 0.6 is 0 Å². The van der Waals surface area contributed by atoms with Crippen LogP contribution in [0.5, 0.6) is 5.75 Å². The van der Waals surface area contributed by atoms with Gasteiger partial charge in [-0.1, -0.05) is 40.7 Å². The lowest BCUT2D eigenvalue weighted by molar-refractivity contribution is 0.308. The summed E-state index contributed by atoms with van der Waals surface area (Å²) in [5.74, 6) is 0.608. The molecule has 0 fully saturated rings. The van der Waals surface area contributed by atoms with Crippen LogP contribution in [0.15, 0.2) is 12.1 Å². The van der Waals surface area contributed by atoms with Crippen molar-refractivity contribution < 1.29 is 14.8 Å². The SMILES string of the molecule is CCCOc1cc2c(cc1B(O)O)C(C)(C)CCC2(C)C. The summed E-state index contributed by atoms with van der Waals surface area (Å²) in [6.07, 6.45) is 3.12. The highest BCUT2D eigenvalue weighted by molar-refractivity contribution is 6.59. The van der Waals surface area contributed by atoms with Gasteiger partial charge < -0.3 is 14.8 Å². The minimum absolute atomic E-state index is 0.0534. The molecule has 4 heteroatoms. The first-order chi connectivity index (χ1) is 9.69. The van der Waals surface area contributed by atoms with Gasteiger partial charge in [-0.15, -0.1) is 0 Å². The summed E-state index contributed by atoms with van der Waals surface area (Å²) >= 11 is 0. The van der Waals surface area contributed by atoms with Gasteiger partial charge in [-0.25, -0.2) is 0 Å². The molecule has 0 saturated heterocycles. The van der Waals surface area contributed by atoms with Crippen LogP contribution in [0.25, 0.3) is 0 Å². The van der Waals surface area contributed by atoms with E-state index in [0.29, 0.717) is 17.8 Å². The van der Waals surface area contributed by atoms with E-state index < -0.39 is 7.12 Å². The number of rotatable bonds is 4. The van der Waals surface area contributed by atoms with E-state index in [1.807, 2.05) is 19.1 Å². The van der Waals surface area contributed by atoms with Gasteiger partial charge in [-0.2, -0.15) is 0 Å². The third-order valence-electron chi connectivity index (χ3n) is 4.72. The molecule has 0 amide bonds. The highest BCUT2D eigenvalue weighted by Crippen LogP contribution is 2.46. The Morgan fingerprint density at radius 1 is 1.05 bits per heavy atom. The second-order valence-electron chi connectivity index (χ2n) is 7.43. The predicted octanol–water partition coefficient (Wildman–Crippen LogP) is 2.50. The van der Waals surface area contributed by atoms with E-state index in [0.717, 1.165) is 19.3 Å². The summed E-state index contributed by atoms with van der Waals surface area (Å²) in [6.45, 7) is 11.6. The molecular weight excluding hydrogens is 263 g/mol. The number of ether oxygens (including phenoxy) is 1. The van der Waals surface area contributed by atoms with Crippen LogP contribution in [-0.2, 0) is 10.8 Å². The van der Waals surface area contributed by atoms with Gasteiger partial charge in [-0.05, 0) is 47.3 Å². The first kappa shape index (κ1) is 16.4. The largest absolute Gasteiger partial charge is 0.494 e. The standard InChI is InChI=1S/C17H27BO3/c1-6-9-21-15-11-13-12(10-14(15)18(19)20)16(2,3)7-8-17(13,4)5/h10-11,19-20H,6-9H2,1-5H3. The Labute approximate surface area is 128 Å². The van der Waals surface area contributed by atoms with Gasteiger partial charge in [0.05, 0.1) is 6.61 Å². The lowest BCUT2D eigenvalue weighted by Crippen LogP contribution is -2.38. The molecule has 0 saturated carbocycles. The average molecular weight is 290 g/mol. The topological polar surface area (TPSA) is 49.7 Å². The maximum Gasteiger partial charge on any atom is 0.492 e. The molecule has 0 atom stereocenters. The zero-order valence-corrected chi connectivity index (χ0v) is 13.9. The third-order valence-corrected chi connectivity index (χ3v) is 4.72. The van der Waals surface area contributed by atoms with Gasteiger partial charge in [0.1, 0.15) is 5.75 Å². The van der Waals surface area contributed by atoms with Gasteiger partial charge in [0.25, 0.3) is 0 Å². The molecule has 0 bridgehead atoms. The molecule has 1 aromatic carbocycles. The second kappa shape index (κ2) is 5.66. The molecule has 0 aliphatic heterocycles. The van der Waals surface area contributed by atoms with Crippen molar-refractivity contribution in [3.05, 3.63) is 23.3 Å². The van der Waals surface area contributed by atoms with Gasteiger partial charge >= 0.3 is 7.12 Å². The van der Waals surface area contributed by atoms with Crippen molar-refractivity contribution in [2.45, 2.75) is 64.7 Å². The Kier molecular flexibility index (Phi) is 4.41. The van der Waals surface area contributed by atoms with Crippen molar-refractivity contribution in [3.63, 3.8) is 0 Å². The van der Waals surface area contributed by atoms with E-state index in [4.69, 9.17) is 4.74 Å². The molecule has 2 rings (SSSR count). The Morgan fingerprint density at radius 2 is 1.57 bits per heavy atom. The van der Waals surface area contributed by atoms with E-state index >= 15 is 0 Å². The van der Waals surface area contributed by atoms with Crippen LogP contribution < -0.4 is 10.2 Å². The molecule has 21 heavy (non-hydrogen) atoms. The number of benzene rings is 1. The van der Waals surface area contributed by atoms with E-state index in [2.05, 4.69) is 27.7 Å². The first-order valence-electron chi connectivity index (χ1n) is 7.87.